The Kier molecular flexibility index (Phi) is 4.31. The van der Waals surface area contributed by atoms with Crippen LogP contribution in [0.25, 0.3) is 21.8 Å². The largest absolute Gasteiger partial charge is 0.347 e. The molecule has 0 aliphatic carbocycles. The van der Waals surface area contributed by atoms with Gasteiger partial charge in [0.1, 0.15) is 0 Å². The zero-order valence-electron chi connectivity index (χ0n) is 15.5. The van der Waals surface area contributed by atoms with Crippen molar-refractivity contribution in [2.75, 3.05) is 5.32 Å². The van der Waals surface area contributed by atoms with Crippen molar-refractivity contribution in [1.82, 2.24) is 14.8 Å². The molecule has 28 heavy (non-hydrogen) atoms. The molecule has 0 aliphatic rings. The number of non-ortho nitro benzene ring substituents is 1. The van der Waals surface area contributed by atoms with Gasteiger partial charge in [-0.15, -0.1) is 0 Å². The minimum atomic E-state index is -0.496. The second-order valence-electron chi connectivity index (χ2n) is 7.15. The van der Waals surface area contributed by atoms with E-state index >= 15 is 0 Å². The maximum atomic E-state index is 12.7. The standard InChI is InChI=1S/C20H19N5O3/c1-12(2)11-24-8-7-13-9-14(3-6-18(13)24)21-20(26)19-16-10-15(25(27)28)4-5-17(16)22-23-19/h3-10,12H,11H2,1-2H3,(H,21,26)(H,22,23). The van der Waals surface area contributed by atoms with Crippen molar-refractivity contribution in [2.45, 2.75) is 20.4 Å². The zero-order chi connectivity index (χ0) is 19.8. The van der Waals surface area contributed by atoms with Gasteiger partial charge in [-0.3, -0.25) is 20.0 Å². The monoisotopic (exact) mass is 377 g/mol. The van der Waals surface area contributed by atoms with E-state index in [1.165, 1.54) is 12.1 Å². The lowest BCUT2D eigenvalue weighted by Crippen LogP contribution is -2.12. The molecule has 8 nitrogen and oxygen atoms in total. The molecule has 0 saturated heterocycles. The Balaban J connectivity index is 1.62. The Hall–Kier alpha value is -3.68. The summed E-state index contributed by atoms with van der Waals surface area (Å²) in [5.74, 6) is 0.111. The second-order valence-corrected chi connectivity index (χ2v) is 7.15. The predicted molar refractivity (Wildman–Crippen MR) is 107 cm³/mol. The lowest BCUT2D eigenvalue weighted by Gasteiger charge is -2.09. The average molecular weight is 377 g/mol. The fraction of sp³-hybridized carbons (Fsp3) is 0.200. The van der Waals surface area contributed by atoms with E-state index in [0.717, 1.165) is 17.4 Å². The van der Waals surface area contributed by atoms with Crippen molar-refractivity contribution in [2.24, 2.45) is 5.92 Å². The maximum Gasteiger partial charge on any atom is 0.276 e. The molecule has 0 aliphatic heterocycles. The number of aromatic nitrogens is 3. The Morgan fingerprint density at radius 2 is 2.07 bits per heavy atom. The van der Waals surface area contributed by atoms with Crippen LogP contribution in [0, 0.1) is 16.0 Å². The number of carbonyl (C=O) groups is 1. The number of nitro groups is 1. The van der Waals surface area contributed by atoms with Crippen LogP contribution in [0.1, 0.15) is 24.3 Å². The van der Waals surface area contributed by atoms with Crippen molar-refractivity contribution < 1.29 is 9.72 Å². The normalized spacial score (nSPS) is 11.4. The summed E-state index contributed by atoms with van der Waals surface area (Å²) in [4.78, 5) is 23.2. The first-order chi connectivity index (χ1) is 13.4. The first kappa shape index (κ1) is 17.7. The van der Waals surface area contributed by atoms with Gasteiger partial charge in [-0.2, -0.15) is 5.10 Å². The fourth-order valence-corrected chi connectivity index (χ4v) is 3.31. The molecule has 0 fully saturated rings. The summed E-state index contributed by atoms with van der Waals surface area (Å²) in [6, 6.07) is 12.0. The van der Waals surface area contributed by atoms with Crippen molar-refractivity contribution in [3.63, 3.8) is 0 Å². The van der Waals surface area contributed by atoms with E-state index in [-0.39, 0.29) is 11.4 Å². The molecule has 0 unspecified atom stereocenters. The van der Waals surface area contributed by atoms with Crippen LogP contribution in [0.2, 0.25) is 0 Å². The van der Waals surface area contributed by atoms with Gasteiger partial charge in [-0.1, -0.05) is 13.8 Å². The molecular formula is C20H19N5O3. The number of H-pyrrole nitrogens is 1. The average Bonchev–Trinajstić information content (AvgIpc) is 3.24. The van der Waals surface area contributed by atoms with E-state index in [0.29, 0.717) is 22.5 Å². The fourth-order valence-electron chi connectivity index (χ4n) is 3.31. The third kappa shape index (κ3) is 3.20. The highest BCUT2D eigenvalue weighted by Crippen LogP contribution is 2.25. The quantitative estimate of drug-likeness (QED) is 0.399. The number of nitro benzene ring substituents is 1. The molecule has 4 rings (SSSR count). The highest BCUT2D eigenvalue weighted by Gasteiger charge is 2.17. The highest BCUT2D eigenvalue weighted by molar-refractivity contribution is 6.11. The maximum absolute atomic E-state index is 12.7. The molecule has 0 spiro atoms. The highest BCUT2D eigenvalue weighted by atomic mass is 16.6. The summed E-state index contributed by atoms with van der Waals surface area (Å²) < 4.78 is 2.19. The molecule has 1 amide bonds. The van der Waals surface area contributed by atoms with Crippen LogP contribution in [-0.4, -0.2) is 25.6 Å². The van der Waals surface area contributed by atoms with Gasteiger partial charge in [0, 0.05) is 46.9 Å². The van der Waals surface area contributed by atoms with Crippen LogP contribution >= 0.6 is 0 Å². The molecule has 0 radical (unpaired) electrons. The van der Waals surface area contributed by atoms with Gasteiger partial charge >= 0.3 is 0 Å². The molecule has 2 aromatic heterocycles. The minimum Gasteiger partial charge on any atom is -0.347 e. The molecule has 8 heteroatoms. The van der Waals surface area contributed by atoms with E-state index in [4.69, 9.17) is 0 Å². The van der Waals surface area contributed by atoms with Crippen LogP contribution in [-0.2, 0) is 6.54 Å². The summed E-state index contributed by atoms with van der Waals surface area (Å²) in [6.07, 6.45) is 2.04. The summed E-state index contributed by atoms with van der Waals surface area (Å²) in [5, 5.41) is 22.0. The van der Waals surface area contributed by atoms with E-state index in [2.05, 4.69) is 33.9 Å². The predicted octanol–water partition coefficient (Wildman–Crippen LogP) is 4.33. The molecule has 0 saturated carbocycles. The van der Waals surface area contributed by atoms with Gasteiger partial charge in [-0.05, 0) is 36.2 Å². The smallest absolute Gasteiger partial charge is 0.276 e. The third-order valence-electron chi connectivity index (χ3n) is 4.56. The summed E-state index contributed by atoms with van der Waals surface area (Å²) >= 11 is 0. The van der Waals surface area contributed by atoms with Crippen LogP contribution in [0.5, 0.6) is 0 Å². The Morgan fingerprint density at radius 3 is 2.82 bits per heavy atom. The number of aromatic amines is 1. The number of benzene rings is 2. The number of nitrogens with zero attached hydrogens (tertiary/aromatic N) is 3. The van der Waals surface area contributed by atoms with Gasteiger partial charge in [0.25, 0.3) is 11.6 Å². The number of amides is 1. The van der Waals surface area contributed by atoms with E-state index in [1.807, 2.05) is 30.5 Å². The van der Waals surface area contributed by atoms with Gasteiger partial charge in [0.05, 0.1) is 10.4 Å². The molecule has 142 valence electrons. The summed E-state index contributed by atoms with van der Waals surface area (Å²) in [6.45, 7) is 5.26. The van der Waals surface area contributed by atoms with Crippen molar-refractivity contribution in [3.8, 4) is 0 Å². The number of rotatable bonds is 5. The van der Waals surface area contributed by atoms with Gasteiger partial charge in [-0.25, -0.2) is 0 Å². The zero-order valence-corrected chi connectivity index (χ0v) is 15.5. The molecule has 0 bridgehead atoms. The van der Waals surface area contributed by atoms with Crippen molar-refractivity contribution >= 4 is 39.1 Å². The topological polar surface area (TPSA) is 106 Å². The summed E-state index contributed by atoms with van der Waals surface area (Å²) in [5.41, 5.74) is 2.35. The van der Waals surface area contributed by atoms with Crippen molar-refractivity contribution in [3.05, 3.63) is 64.5 Å². The van der Waals surface area contributed by atoms with Crippen molar-refractivity contribution in [1.29, 1.82) is 0 Å². The first-order valence-electron chi connectivity index (χ1n) is 8.95. The van der Waals surface area contributed by atoms with E-state index in [1.54, 1.807) is 6.07 Å². The molecule has 4 aromatic rings. The van der Waals surface area contributed by atoms with Crippen LogP contribution in [0.3, 0.4) is 0 Å². The molecule has 2 N–H and O–H groups in total. The number of nitrogens with one attached hydrogen (secondary N) is 2. The van der Waals surface area contributed by atoms with E-state index in [9.17, 15) is 14.9 Å². The Morgan fingerprint density at radius 1 is 1.25 bits per heavy atom. The number of hydrogen-bond donors (Lipinski definition) is 2. The SMILES string of the molecule is CC(C)Cn1ccc2cc(NC(=O)c3n[nH]c4ccc([N+](=O)[O-])cc34)ccc21. The lowest BCUT2D eigenvalue weighted by atomic mass is 10.1. The van der Waals surface area contributed by atoms with Crippen LogP contribution in [0.15, 0.2) is 48.7 Å². The Bertz CT molecular complexity index is 1210. The lowest BCUT2D eigenvalue weighted by molar-refractivity contribution is -0.384. The van der Waals surface area contributed by atoms with Crippen LogP contribution in [0.4, 0.5) is 11.4 Å². The number of fused-ring (bicyclic) bond motifs is 2. The molecule has 2 heterocycles. The number of anilines is 1. The van der Waals surface area contributed by atoms with Crippen LogP contribution < -0.4 is 5.32 Å². The van der Waals surface area contributed by atoms with Gasteiger partial charge in [0.2, 0.25) is 0 Å². The van der Waals surface area contributed by atoms with Gasteiger partial charge < -0.3 is 9.88 Å². The first-order valence-corrected chi connectivity index (χ1v) is 8.95. The second kappa shape index (κ2) is 6.80. The van der Waals surface area contributed by atoms with E-state index < -0.39 is 10.8 Å². The minimum absolute atomic E-state index is 0.0872. The number of carbonyl (C=O) groups excluding carboxylic acids is 1. The Labute approximate surface area is 160 Å². The summed E-state index contributed by atoms with van der Waals surface area (Å²) in [7, 11) is 0. The van der Waals surface area contributed by atoms with Gasteiger partial charge in [0.15, 0.2) is 5.69 Å². The molecular weight excluding hydrogens is 358 g/mol. The number of hydrogen-bond acceptors (Lipinski definition) is 4. The third-order valence-corrected chi connectivity index (χ3v) is 4.56. The molecule has 0 atom stereocenters. The molecule has 2 aromatic carbocycles.